The molecule has 4 heteroatoms. The second-order valence-electron chi connectivity index (χ2n) is 6.68. The minimum atomic E-state index is -0.226. The van der Waals surface area contributed by atoms with Gasteiger partial charge in [-0.15, -0.1) is 23.1 Å². The van der Waals surface area contributed by atoms with E-state index in [0.29, 0.717) is 0 Å². The first-order chi connectivity index (χ1) is 11.4. The van der Waals surface area contributed by atoms with Crippen LogP contribution in [0.25, 0.3) is 21.7 Å². The van der Waals surface area contributed by atoms with Crippen LogP contribution in [0.5, 0.6) is 0 Å². The Balaban J connectivity index is 2.15. The van der Waals surface area contributed by atoms with Crippen LogP contribution in [-0.4, -0.2) is 11.2 Å². The fraction of sp³-hybridized carbons (Fsp3) is 0.250. The van der Waals surface area contributed by atoms with Gasteiger partial charge >= 0.3 is 0 Å². The quantitative estimate of drug-likeness (QED) is 0.488. The van der Waals surface area contributed by atoms with Crippen LogP contribution in [0, 0.1) is 5.82 Å². The van der Waals surface area contributed by atoms with Crippen molar-refractivity contribution in [1.29, 1.82) is 0 Å². The first-order valence-corrected chi connectivity index (χ1v) is 9.84. The van der Waals surface area contributed by atoms with E-state index in [4.69, 9.17) is 4.98 Å². The molecule has 0 amide bonds. The molecule has 0 aliphatic rings. The lowest BCUT2D eigenvalue weighted by atomic mass is 9.98. The average Bonchev–Trinajstić information content (AvgIpc) is 3.01. The molecule has 0 spiro atoms. The highest BCUT2D eigenvalue weighted by atomic mass is 32.2. The van der Waals surface area contributed by atoms with Crippen molar-refractivity contribution in [1.82, 2.24) is 4.98 Å². The van der Waals surface area contributed by atoms with Gasteiger partial charge in [0.15, 0.2) is 0 Å². The van der Waals surface area contributed by atoms with E-state index in [9.17, 15) is 4.39 Å². The molecule has 0 N–H and O–H groups in total. The van der Waals surface area contributed by atoms with Gasteiger partial charge < -0.3 is 0 Å². The molecule has 0 saturated carbocycles. The Morgan fingerprint density at radius 3 is 2.04 bits per heavy atom. The number of rotatable bonds is 3. The van der Waals surface area contributed by atoms with Crippen molar-refractivity contribution in [3.8, 4) is 21.7 Å². The Bertz CT molecular complexity index is 828. The van der Waals surface area contributed by atoms with E-state index in [1.165, 1.54) is 17.0 Å². The predicted octanol–water partition coefficient (Wildman–Crippen LogP) is 6.64. The molecule has 3 rings (SSSR count). The van der Waals surface area contributed by atoms with E-state index in [1.807, 2.05) is 0 Å². The van der Waals surface area contributed by atoms with Crippen molar-refractivity contribution in [2.75, 3.05) is 6.26 Å². The van der Waals surface area contributed by atoms with Crippen LogP contribution in [0.15, 0.2) is 53.4 Å². The zero-order chi connectivity index (χ0) is 17.3. The zero-order valence-corrected chi connectivity index (χ0v) is 15.9. The summed E-state index contributed by atoms with van der Waals surface area (Å²) < 4.78 is 13.3. The maximum atomic E-state index is 13.3. The number of thioether (sulfide) groups is 1. The summed E-state index contributed by atoms with van der Waals surface area (Å²) >= 11 is 3.45. The summed E-state index contributed by atoms with van der Waals surface area (Å²) in [6.07, 6.45) is 2.07. The third-order valence-electron chi connectivity index (χ3n) is 3.74. The summed E-state index contributed by atoms with van der Waals surface area (Å²) in [5.41, 5.74) is 3.02. The van der Waals surface area contributed by atoms with Gasteiger partial charge in [-0.05, 0) is 48.2 Å². The lowest BCUT2D eigenvalue weighted by Gasteiger charge is -2.13. The highest BCUT2D eigenvalue weighted by Gasteiger charge is 2.23. The first kappa shape index (κ1) is 17.2. The van der Waals surface area contributed by atoms with Crippen molar-refractivity contribution in [2.45, 2.75) is 31.1 Å². The maximum Gasteiger partial charge on any atom is 0.123 e. The lowest BCUT2D eigenvalue weighted by molar-refractivity contribution is 0.586. The van der Waals surface area contributed by atoms with Crippen LogP contribution in [-0.2, 0) is 5.41 Å². The summed E-state index contributed by atoms with van der Waals surface area (Å²) in [4.78, 5) is 7.27. The van der Waals surface area contributed by atoms with Gasteiger partial charge in [0.25, 0.3) is 0 Å². The van der Waals surface area contributed by atoms with Crippen molar-refractivity contribution < 1.29 is 4.39 Å². The molecule has 0 aliphatic carbocycles. The molecule has 1 aromatic heterocycles. The van der Waals surface area contributed by atoms with Crippen molar-refractivity contribution in [2.24, 2.45) is 0 Å². The molecule has 0 fully saturated rings. The van der Waals surface area contributed by atoms with Crippen molar-refractivity contribution >= 4 is 23.1 Å². The van der Waals surface area contributed by atoms with Gasteiger partial charge in [-0.2, -0.15) is 0 Å². The van der Waals surface area contributed by atoms with Gasteiger partial charge in [0.05, 0.1) is 15.6 Å². The van der Waals surface area contributed by atoms with Crippen LogP contribution >= 0.6 is 23.1 Å². The van der Waals surface area contributed by atoms with E-state index in [0.717, 1.165) is 26.7 Å². The maximum absolute atomic E-state index is 13.3. The summed E-state index contributed by atoms with van der Waals surface area (Å²) in [6.45, 7) is 6.50. The SMILES string of the molecule is CSc1ccc(-c2sc(C(C)(C)C)nc2-c2ccc(F)cc2)cc1. The number of thiazole rings is 1. The van der Waals surface area contributed by atoms with E-state index in [2.05, 4.69) is 51.3 Å². The van der Waals surface area contributed by atoms with Crippen LogP contribution in [0.1, 0.15) is 25.8 Å². The standard InChI is InChI=1S/C20H20FNS2/c1-20(2,3)19-22-17(13-5-9-15(21)10-6-13)18(24-19)14-7-11-16(23-4)12-8-14/h5-12H,1-4H3. The monoisotopic (exact) mass is 357 g/mol. The summed E-state index contributed by atoms with van der Waals surface area (Å²) in [5, 5.41) is 1.09. The van der Waals surface area contributed by atoms with E-state index >= 15 is 0 Å². The summed E-state index contributed by atoms with van der Waals surface area (Å²) in [7, 11) is 0. The fourth-order valence-electron chi connectivity index (χ4n) is 2.38. The molecule has 124 valence electrons. The van der Waals surface area contributed by atoms with Crippen molar-refractivity contribution in [3.63, 3.8) is 0 Å². The zero-order valence-electron chi connectivity index (χ0n) is 14.3. The minimum absolute atomic E-state index is 0.0170. The van der Waals surface area contributed by atoms with E-state index in [1.54, 1.807) is 35.2 Å². The normalized spacial score (nSPS) is 11.7. The molecule has 0 atom stereocenters. The minimum Gasteiger partial charge on any atom is -0.240 e. The number of benzene rings is 2. The molecular formula is C20H20FNS2. The van der Waals surface area contributed by atoms with Gasteiger partial charge in [0.1, 0.15) is 5.82 Å². The average molecular weight is 358 g/mol. The van der Waals surface area contributed by atoms with Crippen LogP contribution < -0.4 is 0 Å². The topological polar surface area (TPSA) is 12.9 Å². The largest absolute Gasteiger partial charge is 0.240 e. The molecule has 1 heterocycles. The van der Waals surface area contributed by atoms with E-state index in [-0.39, 0.29) is 11.2 Å². The molecule has 3 aromatic rings. The molecule has 0 bridgehead atoms. The second-order valence-corrected chi connectivity index (χ2v) is 8.56. The van der Waals surface area contributed by atoms with Crippen LogP contribution in [0.4, 0.5) is 4.39 Å². The number of halogens is 1. The number of nitrogens with zero attached hydrogens (tertiary/aromatic N) is 1. The molecular weight excluding hydrogens is 337 g/mol. The highest BCUT2D eigenvalue weighted by Crippen LogP contribution is 2.41. The second kappa shape index (κ2) is 6.69. The molecule has 24 heavy (non-hydrogen) atoms. The third kappa shape index (κ3) is 3.55. The van der Waals surface area contributed by atoms with Crippen LogP contribution in [0.3, 0.4) is 0 Å². The Labute approximate surface area is 151 Å². The third-order valence-corrected chi connectivity index (χ3v) is 6.01. The smallest absolute Gasteiger partial charge is 0.123 e. The van der Waals surface area contributed by atoms with Gasteiger partial charge in [0.2, 0.25) is 0 Å². The summed E-state index contributed by atoms with van der Waals surface area (Å²) in [6, 6.07) is 15.1. The Morgan fingerprint density at radius 1 is 0.917 bits per heavy atom. The molecule has 0 unspecified atom stereocenters. The number of hydrogen-bond donors (Lipinski definition) is 0. The molecule has 0 aliphatic heterocycles. The van der Waals surface area contributed by atoms with Gasteiger partial charge in [0, 0.05) is 15.9 Å². The lowest BCUT2D eigenvalue weighted by Crippen LogP contribution is -2.10. The Morgan fingerprint density at radius 2 is 1.50 bits per heavy atom. The molecule has 0 radical (unpaired) electrons. The van der Waals surface area contributed by atoms with E-state index < -0.39 is 0 Å². The molecule has 0 saturated heterocycles. The number of aromatic nitrogens is 1. The Hall–Kier alpha value is -1.65. The van der Waals surface area contributed by atoms with Gasteiger partial charge in [-0.3, -0.25) is 0 Å². The van der Waals surface area contributed by atoms with Gasteiger partial charge in [-0.25, -0.2) is 9.37 Å². The first-order valence-electron chi connectivity index (χ1n) is 7.80. The van der Waals surface area contributed by atoms with Crippen LogP contribution in [0.2, 0.25) is 0 Å². The Kier molecular flexibility index (Phi) is 4.79. The molecule has 2 aromatic carbocycles. The van der Waals surface area contributed by atoms with Crippen molar-refractivity contribution in [3.05, 3.63) is 59.4 Å². The predicted molar refractivity (Wildman–Crippen MR) is 103 cm³/mol. The molecule has 1 nitrogen and oxygen atoms in total. The fourth-order valence-corrected chi connectivity index (χ4v) is 3.94. The summed E-state index contributed by atoms with van der Waals surface area (Å²) in [5.74, 6) is -0.226. The number of hydrogen-bond acceptors (Lipinski definition) is 3. The van der Waals surface area contributed by atoms with Gasteiger partial charge in [-0.1, -0.05) is 32.9 Å². The highest BCUT2D eigenvalue weighted by molar-refractivity contribution is 7.98.